The minimum absolute atomic E-state index is 0. The van der Waals surface area contributed by atoms with E-state index in [-0.39, 0.29) is 50.5 Å². The molecule has 172 valence electrons. The van der Waals surface area contributed by atoms with Crippen LogP contribution in [0.5, 0.6) is 0 Å². The summed E-state index contributed by atoms with van der Waals surface area (Å²) in [5.74, 6) is 0. The second-order valence-electron chi connectivity index (χ2n) is 2.59. The summed E-state index contributed by atoms with van der Waals surface area (Å²) in [5, 5.41) is 0. The van der Waals surface area contributed by atoms with E-state index in [4.69, 9.17) is 25.9 Å². The maximum atomic E-state index is 10.7. The molecule has 0 aliphatic carbocycles. The molecule has 0 aromatic carbocycles. The van der Waals surface area contributed by atoms with Gasteiger partial charge in [0.15, 0.2) is 20.2 Å². The molecular weight excluding hydrogens is 622 g/mol. The average molecular weight is 642 g/mol. The molecule has 1 heterocycles. The molecule has 0 radical (unpaired) electrons. The van der Waals surface area contributed by atoms with Crippen molar-refractivity contribution in [2.75, 3.05) is 0 Å². The van der Waals surface area contributed by atoms with Gasteiger partial charge in [-0.2, -0.15) is 26.3 Å². The van der Waals surface area contributed by atoms with E-state index in [0.29, 0.717) is 0 Å². The number of rotatable bonds is 0. The van der Waals surface area contributed by atoms with E-state index in [2.05, 4.69) is 4.42 Å². The number of furan rings is 1. The largest absolute Gasteiger partial charge is 2.00 e. The summed E-state index contributed by atoms with van der Waals surface area (Å²) >= 11 is 0. The van der Waals surface area contributed by atoms with Gasteiger partial charge in [-0.15, -0.1) is 0 Å². The number of alkyl halides is 6. The van der Waals surface area contributed by atoms with Gasteiger partial charge >= 0.3 is 30.8 Å². The van der Waals surface area contributed by atoms with Crippen LogP contribution in [-0.4, -0.2) is 37.0 Å². The smallest absolute Gasteiger partial charge is 0.741 e. The van der Waals surface area contributed by atoms with Crippen molar-refractivity contribution < 1.29 is 76.5 Å². The van der Waals surface area contributed by atoms with E-state index in [1.54, 1.807) is 12.5 Å². The fraction of sp³-hybridized carbons (Fsp3) is 0.333. The first-order valence-electron chi connectivity index (χ1n) is 4.01. The second-order valence-corrected chi connectivity index (χ2v) is 5.34. The summed E-state index contributed by atoms with van der Waals surface area (Å²) in [6, 6.07) is 3.67. The van der Waals surface area contributed by atoms with Crippen LogP contribution in [0.25, 0.3) is 0 Å². The van der Waals surface area contributed by atoms with Gasteiger partial charge in [0.2, 0.25) is 0 Å². The minimum Gasteiger partial charge on any atom is -0.741 e. The third kappa shape index (κ3) is 27.4. The molecule has 0 amide bonds. The van der Waals surface area contributed by atoms with Crippen molar-refractivity contribution in [3.63, 3.8) is 0 Å². The second kappa shape index (κ2) is 18.5. The van der Waals surface area contributed by atoms with Gasteiger partial charge in [-0.25, -0.2) is 16.8 Å². The molecule has 0 spiro atoms. The van der Waals surface area contributed by atoms with Crippen molar-refractivity contribution >= 4 is 20.2 Å². The Bertz CT molecular complexity index is 548. The minimum atomic E-state index is -6.09. The molecule has 0 bridgehead atoms. The molecular formula is C6H19F6N5O7OsS2. The Morgan fingerprint density at radius 1 is 0.630 bits per heavy atom. The molecule has 0 aliphatic heterocycles. The van der Waals surface area contributed by atoms with Gasteiger partial charge in [0, 0.05) is 0 Å². The zero-order chi connectivity index (χ0) is 17.5. The quantitative estimate of drug-likeness (QED) is 0.155. The summed E-state index contributed by atoms with van der Waals surface area (Å²) in [5.41, 5.74) is -11.3. The van der Waals surface area contributed by atoms with E-state index in [1.807, 2.05) is 12.1 Å². The monoisotopic (exact) mass is 643 g/mol. The fourth-order valence-electron chi connectivity index (χ4n) is 0.227. The van der Waals surface area contributed by atoms with Crippen LogP contribution in [0, 0.1) is 0 Å². The Morgan fingerprint density at radius 2 is 0.778 bits per heavy atom. The zero-order valence-electron chi connectivity index (χ0n) is 13.1. The SMILES string of the molecule is N.N.N.N.N.O=S(=O)([O-])C(F)(F)F.O=S(=O)([O-])C(F)(F)F.[Os+2].c1ccoc1. The van der Waals surface area contributed by atoms with Crippen LogP contribution in [0.1, 0.15) is 0 Å². The van der Waals surface area contributed by atoms with Crippen LogP contribution in [0.3, 0.4) is 0 Å². The van der Waals surface area contributed by atoms with Gasteiger partial charge < -0.3 is 44.3 Å². The first-order chi connectivity index (χ1) is 9.00. The predicted molar refractivity (Wildman–Crippen MR) is 75.3 cm³/mol. The van der Waals surface area contributed by atoms with Crippen molar-refractivity contribution in [1.29, 1.82) is 0 Å². The van der Waals surface area contributed by atoms with Crippen LogP contribution in [0.2, 0.25) is 0 Å². The van der Waals surface area contributed by atoms with E-state index < -0.39 is 31.3 Å². The summed E-state index contributed by atoms with van der Waals surface area (Å²) < 4.78 is 122. The van der Waals surface area contributed by atoms with Crippen LogP contribution in [-0.2, 0) is 40.0 Å². The summed E-state index contributed by atoms with van der Waals surface area (Å²) in [6.07, 6.45) is 3.25. The standard InChI is InChI=1S/C4H4O.2CHF3O3S.5H3N.Os/c1-2-4-5-3-1;2*2-1(3,4)8(5,6)7;;;;;;/h1-4H;2*(H,5,6,7);5*1H3;/q;;;;;;;;+2/p-2. The predicted octanol–water partition coefficient (Wildman–Crippen LogP) is 2.19. The van der Waals surface area contributed by atoms with Crippen LogP contribution in [0.4, 0.5) is 26.3 Å². The molecule has 0 saturated heterocycles. The third-order valence-electron chi connectivity index (χ3n) is 0.992. The molecule has 12 nitrogen and oxygen atoms in total. The van der Waals surface area contributed by atoms with Crippen molar-refractivity contribution in [2.24, 2.45) is 0 Å². The van der Waals surface area contributed by atoms with E-state index in [9.17, 15) is 26.3 Å². The van der Waals surface area contributed by atoms with Gasteiger partial charge in [-0.05, 0) is 12.1 Å². The molecule has 0 saturated carbocycles. The first kappa shape index (κ1) is 50.2. The topological polar surface area (TPSA) is 303 Å². The molecule has 1 aromatic heterocycles. The molecule has 0 atom stereocenters. The Hall–Kier alpha value is -0.884. The molecule has 0 fully saturated rings. The fourth-order valence-corrected chi connectivity index (χ4v) is 0.227. The summed E-state index contributed by atoms with van der Waals surface area (Å²) in [6.45, 7) is 0. The molecule has 21 heteroatoms. The average Bonchev–Trinajstić information content (AvgIpc) is 2.68. The molecule has 15 N–H and O–H groups in total. The first-order valence-corrected chi connectivity index (χ1v) is 6.83. The molecule has 1 rings (SSSR count). The van der Waals surface area contributed by atoms with Gasteiger partial charge in [-0.3, -0.25) is 0 Å². The maximum Gasteiger partial charge on any atom is 2.00 e. The Labute approximate surface area is 163 Å². The van der Waals surface area contributed by atoms with Crippen molar-refractivity contribution in [3.05, 3.63) is 24.7 Å². The molecule has 1 aromatic rings. The normalized spacial score (nSPS) is 9.78. The van der Waals surface area contributed by atoms with Crippen molar-refractivity contribution in [1.82, 2.24) is 30.8 Å². The number of halogens is 6. The van der Waals surface area contributed by atoms with E-state index in [1.165, 1.54) is 0 Å². The number of hydrogen-bond donors (Lipinski definition) is 5. The Morgan fingerprint density at radius 3 is 0.815 bits per heavy atom. The summed E-state index contributed by atoms with van der Waals surface area (Å²) in [4.78, 5) is 0. The van der Waals surface area contributed by atoms with Crippen LogP contribution in [0.15, 0.2) is 29.1 Å². The van der Waals surface area contributed by atoms with Crippen LogP contribution >= 0.6 is 0 Å². The van der Waals surface area contributed by atoms with Gasteiger partial charge in [0.25, 0.3) is 0 Å². The Balaban J connectivity index is -0.0000000305. The van der Waals surface area contributed by atoms with Crippen molar-refractivity contribution in [2.45, 2.75) is 11.0 Å². The zero-order valence-corrected chi connectivity index (χ0v) is 17.3. The molecule has 0 aliphatic rings. The summed E-state index contributed by atoms with van der Waals surface area (Å²) in [7, 11) is -12.2. The van der Waals surface area contributed by atoms with Gasteiger partial charge in [0.05, 0.1) is 12.5 Å². The third-order valence-corrected chi connectivity index (χ3v) is 2.13. The molecule has 0 unspecified atom stereocenters. The van der Waals surface area contributed by atoms with E-state index >= 15 is 0 Å². The molecule has 27 heavy (non-hydrogen) atoms. The van der Waals surface area contributed by atoms with E-state index in [0.717, 1.165) is 0 Å². The maximum absolute atomic E-state index is 10.7. The van der Waals surface area contributed by atoms with Crippen LogP contribution < -0.4 is 30.8 Å². The van der Waals surface area contributed by atoms with Crippen molar-refractivity contribution in [3.8, 4) is 0 Å². The Kier molecular flexibility index (Phi) is 34.4. The van der Waals surface area contributed by atoms with Gasteiger partial charge in [0.1, 0.15) is 0 Å². The number of hydrogen-bond acceptors (Lipinski definition) is 12. The van der Waals surface area contributed by atoms with Gasteiger partial charge in [-0.1, -0.05) is 0 Å².